The van der Waals surface area contributed by atoms with Crippen molar-refractivity contribution in [2.45, 2.75) is 31.6 Å². The summed E-state index contributed by atoms with van der Waals surface area (Å²) in [7, 11) is 0. The molecule has 2 aliphatic rings. The van der Waals surface area contributed by atoms with Crippen LogP contribution in [0.1, 0.15) is 37.4 Å². The van der Waals surface area contributed by atoms with E-state index in [1.807, 2.05) is 4.90 Å². The zero-order valence-electron chi connectivity index (χ0n) is 9.69. The van der Waals surface area contributed by atoms with E-state index < -0.39 is 0 Å². The van der Waals surface area contributed by atoms with E-state index >= 15 is 0 Å². The second kappa shape index (κ2) is 4.60. The van der Waals surface area contributed by atoms with Crippen LogP contribution in [0.25, 0.3) is 0 Å². The Bertz CT molecular complexity index is 409. The van der Waals surface area contributed by atoms with Crippen molar-refractivity contribution in [3.05, 3.63) is 5.82 Å². The Kier molecular flexibility index (Phi) is 2.96. The topological polar surface area (TPSA) is 58.1 Å². The number of hydrogen-bond donors (Lipinski definition) is 1. The van der Waals surface area contributed by atoms with Crippen LogP contribution in [-0.2, 0) is 4.79 Å². The Balaban J connectivity index is 1.50. The molecule has 1 aliphatic carbocycles. The first-order valence-electron chi connectivity index (χ1n) is 6.18. The van der Waals surface area contributed by atoms with E-state index in [-0.39, 0.29) is 5.91 Å². The number of likely N-dealkylation sites (tertiary alicyclic amines) is 1. The van der Waals surface area contributed by atoms with Gasteiger partial charge in [-0.05, 0) is 25.7 Å². The monoisotopic (exact) mass is 252 g/mol. The molecule has 3 rings (SSSR count). The summed E-state index contributed by atoms with van der Waals surface area (Å²) in [5.74, 6) is 1.70. The van der Waals surface area contributed by atoms with Crippen molar-refractivity contribution in [1.29, 1.82) is 0 Å². The molecule has 0 atom stereocenters. The van der Waals surface area contributed by atoms with Gasteiger partial charge < -0.3 is 10.2 Å². The molecule has 1 saturated heterocycles. The summed E-state index contributed by atoms with van der Waals surface area (Å²) < 4.78 is 4.30. The van der Waals surface area contributed by atoms with Gasteiger partial charge in [0.15, 0.2) is 0 Å². The lowest BCUT2D eigenvalue weighted by Gasteiger charge is -2.14. The van der Waals surface area contributed by atoms with Crippen molar-refractivity contribution >= 4 is 22.6 Å². The molecule has 0 radical (unpaired) electrons. The molecule has 0 bridgehead atoms. The SMILES string of the molecule is O=C(CNc1nc(C2CC2)ns1)N1CCCC1. The summed E-state index contributed by atoms with van der Waals surface area (Å²) in [5.41, 5.74) is 0. The predicted octanol–water partition coefficient (Wildman–Crippen LogP) is 1.45. The van der Waals surface area contributed by atoms with Crippen molar-refractivity contribution in [2.75, 3.05) is 25.0 Å². The van der Waals surface area contributed by atoms with Crippen LogP contribution in [0.2, 0.25) is 0 Å². The Morgan fingerprint density at radius 2 is 2.18 bits per heavy atom. The second-order valence-corrected chi connectivity index (χ2v) is 5.43. The number of amides is 1. The van der Waals surface area contributed by atoms with Crippen LogP contribution in [0, 0.1) is 0 Å². The van der Waals surface area contributed by atoms with Crippen LogP contribution in [-0.4, -0.2) is 39.8 Å². The Hall–Kier alpha value is -1.17. The average molecular weight is 252 g/mol. The second-order valence-electron chi connectivity index (χ2n) is 4.67. The summed E-state index contributed by atoms with van der Waals surface area (Å²) in [4.78, 5) is 18.1. The number of nitrogens with one attached hydrogen (secondary N) is 1. The first kappa shape index (κ1) is 11.0. The third kappa shape index (κ3) is 2.57. The van der Waals surface area contributed by atoms with Crippen molar-refractivity contribution in [3.63, 3.8) is 0 Å². The number of carbonyl (C=O) groups excluding carboxylic acids is 1. The predicted molar refractivity (Wildman–Crippen MR) is 66.2 cm³/mol. The fourth-order valence-electron chi connectivity index (χ4n) is 2.04. The zero-order chi connectivity index (χ0) is 11.7. The van der Waals surface area contributed by atoms with Gasteiger partial charge in [-0.1, -0.05) is 0 Å². The molecule has 0 spiro atoms. The third-order valence-electron chi connectivity index (χ3n) is 3.23. The highest BCUT2D eigenvalue weighted by molar-refractivity contribution is 7.09. The van der Waals surface area contributed by atoms with Crippen LogP contribution >= 0.6 is 11.5 Å². The number of carbonyl (C=O) groups is 1. The minimum atomic E-state index is 0.172. The Morgan fingerprint density at radius 1 is 1.41 bits per heavy atom. The molecule has 0 aromatic carbocycles. The van der Waals surface area contributed by atoms with Crippen molar-refractivity contribution in [3.8, 4) is 0 Å². The van der Waals surface area contributed by atoms with E-state index in [9.17, 15) is 4.79 Å². The van der Waals surface area contributed by atoms with Crippen LogP contribution < -0.4 is 5.32 Å². The number of nitrogens with zero attached hydrogens (tertiary/aromatic N) is 3. The lowest BCUT2D eigenvalue weighted by atomic mass is 10.4. The number of rotatable bonds is 4. The van der Waals surface area contributed by atoms with Crippen molar-refractivity contribution in [2.24, 2.45) is 0 Å². The van der Waals surface area contributed by atoms with Crippen LogP contribution in [0.5, 0.6) is 0 Å². The number of aromatic nitrogens is 2. The quantitative estimate of drug-likeness (QED) is 0.881. The van der Waals surface area contributed by atoms with Gasteiger partial charge in [0.1, 0.15) is 5.82 Å². The van der Waals surface area contributed by atoms with Gasteiger partial charge in [-0.3, -0.25) is 4.79 Å². The van der Waals surface area contributed by atoms with Gasteiger partial charge >= 0.3 is 0 Å². The Labute approximate surface area is 104 Å². The van der Waals surface area contributed by atoms with Gasteiger partial charge in [0.2, 0.25) is 11.0 Å². The third-order valence-corrected chi connectivity index (χ3v) is 3.92. The molecule has 1 aromatic rings. The fourth-order valence-corrected chi connectivity index (χ4v) is 2.68. The minimum Gasteiger partial charge on any atom is -0.351 e. The molecular formula is C11H16N4OS. The Morgan fingerprint density at radius 3 is 2.88 bits per heavy atom. The summed E-state index contributed by atoms with van der Waals surface area (Å²) >= 11 is 1.36. The number of hydrogen-bond acceptors (Lipinski definition) is 5. The molecule has 0 unspecified atom stereocenters. The standard InChI is InChI=1S/C11H16N4OS/c16-9(15-5-1-2-6-15)7-12-11-13-10(14-17-11)8-3-4-8/h8H,1-7H2,(H,12,13,14). The van der Waals surface area contributed by atoms with Crippen LogP contribution in [0.15, 0.2) is 0 Å². The maximum Gasteiger partial charge on any atom is 0.241 e. The zero-order valence-corrected chi connectivity index (χ0v) is 10.5. The van der Waals surface area contributed by atoms with Crippen LogP contribution in [0.4, 0.5) is 5.13 Å². The van der Waals surface area contributed by atoms with Gasteiger partial charge in [0.05, 0.1) is 6.54 Å². The molecule has 2 fully saturated rings. The fraction of sp³-hybridized carbons (Fsp3) is 0.727. The van der Waals surface area contributed by atoms with E-state index in [4.69, 9.17) is 0 Å². The molecule has 17 heavy (non-hydrogen) atoms. The van der Waals surface area contributed by atoms with E-state index in [0.717, 1.165) is 36.9 Å². The van der Waals surface area contributed by atoms with Gasteiger partial charge in [-0.2, -0.15) is 4.37 Å². The first-order chi connectivity index (χ1) is 8.33. The van der Waals surface area contributed by atoms with E-state index in [2.05, 4.69) is 14.7 Å². The molecule has 5 nitrogen and oxygen atoms in total. The van der Waals surface area contributed by atoms with E-state index in [1.165, 1.54) is 24.4 Å². The van der Waals surface area contributed by atoms with Crippen molar-refractivity contribution in [1.82, 2.24) is 14.3 Å². The van der Waals surface area contributed by atoms with Crippen LogP contribution in [0.3, 0.4) is 0 Å². The molecule has 92 valence electrons. The normalized spacial score (nSPS) is 19.6. The summed E-state index contributed by atoms with van der Waals surface area (Å²) in [6.07, 6.45) is 4.69. The van der Waals surface area contributed by atoms with Gasteiger partial charge in [0.25, 0.3) is 0 Å². The molecule has 1 aromatic heterocycles. The number of anilines is 1. The smallest absolute Gasteiger partial charge is 0.241 e. The van der Waals surface area contributed by atoms with Gasteiger partial charge in [-0.15, -0.1) is 0 Å². The maximum atomic E-state index is 11.8. The molecule has 1 amide bonds. The molecular weight excluding hydrogens is 236 g/mol. The van der Waals surface area contributed by atoms with Crippen molar-refractivity contribution < 1.29 is 4.79 Å². The largest absolute Gasteiger partial charge is 0.351 e. The molecule has 2 heterocycles. The lowest BCUT2D eigenvalue weighted by Crippen LogP contribution is -2.32. The lowest BCUT2D eigenvalue weighted by molar-refractivity contribution is -0.128. The molecule has 1 aliphatic heterocycles. The highest BCUT2D eigenvalue weighted by atomic mass is 32.1. The highest BCUT2D eigenvalue weighted by Gasteiger charge is 2.28. The maximum absolute atomic E-state index is 11.8. The molecule has 6 heteroatoms. The summed E-state index contributed by atoms with van der Waals surface area (Å²) in [6.45, 7) is 2.16. The van der Waals surface area contributed by atoms with E-state index in [0.29, 0.717) is 12.5 Å². The summed E-state index contributed by atoms with van der Waals surface area (Å²) in [5, 5.41) is 3.86. The van der Waals surface area contributed by atoms with Gasteiger partial charge in [-0.25, -0.2) is 4.98 Å². The summed E-state index contributed by atoms with van der Waals surface area (Å²) in [6, 6.07) is 0. The van der Waals surface area contributed by atoms with Gasteiger partial charge in [0, 0.05) is 30.5 Å². The average Bonchev–Trinajstić information content (AvgIpc) is 2.88. The van der Waals surface area contributed by atoms with E-state index in [1.54, 1.807) is 0 Å². The minimum absolute atomic E-state index is 0.172. The first-order valence-corrected chi connectivity index (χ1v) is 6.95. The molecule has 1 saturated carbocycles. The molecule has 1 N–H and O–H groups in total. The highest BCUT2D eigenvalue weighted by Crippen LogP contribution is 2.39.